The number of aliphatic hydroxyl groups is 5. The van der Waals surface area contributed by atoms with Crippen molar-refractivity contribution >= 4 is 5.97 Å². The quantitative estimate of drug-likeness (QED) is 0.340. The van der Waals surface area contributed by atoms with E-state index in [0.717, 1.165) is 0 Å². The Hall–Kier alpha value is -1.27. The zero-order chi connectivity index (χ0) is 19.9. The van der Waals surface area contributed by atoms with Crippen LogP contribution in [0.5, 0.6) is 0 Å². The van der Waals surface area contributed by atoms with Crippen molar-refractivity contribution in [3.05, 3.63) is 12.3 Å². The molecule has 2 heterocycles. The molecule has 154 valence electrons. The van der Waals surface area contributed by atoms with E-state index < -0.39 is 67.2 Å². The number of ether oxygens (including phenoxy) is 4. The summed E-state index contributed by atoms with van der Waals surface area (Å²) in [5, 5.41) is 50.0. The van der Waals surface area contributed by atoms with Gasteiger partial charge in [-0.1, -0.05) is 0 Å². The number of hydrogen-bond donors (Lipinski definition) is 5. The lowest BCUT2D eigenvalue weighted by molar-refractivity contribution is -0.346. The highest BCUT2D eigenvalue weighted by Crippen LogP contribution is 2.48. The molecule has 1 saturated carbocycles. The summed E-state index contributed by atoms with van der Waals surface area (Å²) in [6, 6.07) is 0. The van der Waals surface area contributed by atoms with E-state index in [0.29, 0.717) is 0 Å². The molecule has 0 aromatic carbocycles. The van der Waals surface area contributed by atoms with Gasteiger partial charge in [0.15, 0.2) is 6.29 Å². The lowest BCUT2D eigenvalue weighted by atomic mass is 9.85. The molecule has 0 spiro atoms. The first-order valence-corrected chi connectivity index (χ1v) is 8.83. The second kappa shape index (κ2) is 7.63. The second-order valence-corrected chi connectivity index (χ2v) is 7.48. The number of rotatable bonds is 4. The molecule has 1 saturated heterocycles. The van der Waals surface area contributed by atoms with E-state index in [-0.39, 0.29) is 12.3 Å². The lowest BCUT2D eigenvalue weighted by Gasteiger charge is -2.43. The zero-order valence-corrected chi connectivity index (χ0v) is 15.0. The van der Waals surface area contributed by atoms with Crippen LogP contribution in [0.2, 0.25) is 0 Å². The standard InChI is InChI=1S/C17H26O10/c1-7(19)25-9-5-17(2,23)11-8(9)3-4-24-15(11)27-16-14(22)13(21)12(20)10(6-18)26-16/h3-4,8-16,18,20-23H,5-6H2,1-2H3. The molecule has 3 aliphatic rings. The molecule has 1 aliphatic carbocycles. The molecule has 10 unspecified atom stereocenters. The Morgan fingerprint density at radius 3 is 2.56 bits per heavy atom. The van der Waals surface area contributed by atoms with Crippen LogP contribution < -0.4 is 0 Å². The molecule has 10 atom stereocenters. The summed E-state index contributed by atoms with van der Waals surface area (Å²) in [7, 11) is 0. The third-order valence-electron chi connectivity index (χ3n) is 5.42. The minimum Gasteiger partial charge on any atom is -0.472 e. The average molecular weight is 390 g/mol. The predicted octanol–water partition coefficient (Wildman–Crippen LogP) is -2.01. The van der Waals surface area contributed by atoms with E-state index in [4.69, 9.17) is 18.9 Å². The highest BCUT2D eigenvalue weighted by Gasteiger charge is 2.57. The Labute approximate surface area is 155 Å². The van der Waals surface area contributed by atoms with Gasteiger partial charge >= 0.3 is 5.97 Å². The van der Waals surface area contributed by atoms with E-state index in [1.54, 1.807) is 13.0 Å². The van der Waals surface area contributed by atoms with Crippen LogP contribution in [0.15, 0.2) is 12.3 Å². The number of fused-ring (bicyclic) bond motifs is 1. The SMILES string of the molecule is CC(=O)OC1CC(C)(O)C2C(OC3OC(CO)C(O)C(O)C3O)OC=CC12. The molecule has 5 N–H and O–H groups in total. The summed E-state index contributed by atoms with van der Waals surface area (Å²) < 4.78 is 21.8. The normalized spacial score (nSPS) is 49.4. The van der Waals surface area contributed by atoms with Crippen molar-refractivity contribution in [2.75, 3.05) is 6.61 Å². The largest absolute Gasteiger partial charge is 0.472 e. The van der Waals surface area contributed by atoms with Crippen molar-refractivity contribution < 1.29 is 49.3 Å². The molecule has 0 amide bonds. The van der Waals surface area contributed by atoms with Gasteiger partial charge in [0, 0.05) is 19.3 Å². The van der Waals surface area contributed by atoms with E-state index >= 15 is 0 Å². The van der Waals surface area contributed by atoms with Crippen molar-refractivity contribution in [2.45, 2.75) is 69.0 Å². The van der Waals surface area contributed by atoms with Gasteiger partial charge < -0.3 is 44.5 Å². The Morgan fingerprint density at radius 1 is 1.22 bits per heavy atom. The molecular weight excluding hydrogens is 364 g/mol. The molecular formula is C17H26O10. The maximum Gasteiger partial charge on any atom is 0.302 e. The van der Waals surface area contributed by atoms with Crippen LogP contribution in [0.25, 0.3) is 0 Å². The molecule has 0 radical (unpaired) electrons. The fraction of sp³-hybridized carbons (Fsp3) is 0.824. The summed E-state index contributed by atoms with van der Waals surface area (Å²) in [5.74, 6) is -1.49. The van der Waals surface area contributed by atoms with Gasteiger partial charge in [-0.15, -0.1) is 0 Å². The summed E-state index contributed by atoms with van der Waals surface area (Å²) >= 11 is 0. The fourth-order valence-corrected chi connectivity index (χ4v) is 4.10. The Bertz CT molecular complexity index is 576. The van der Waals surface area contributed by atoms with Crippen molar-refractivity contribution in [1.82, 2.24) is 0 Å². The highest BCUT2D eigenvalue weighted by molar-refractivity contribution is 5.66. The van der Waals surface area contributed by atoms with Crippen molar-refractivity contribution in [3.8, 4) is 0 Å². The maximum atomic E-state index is 11.3. The van der Waals surface area contributed by atoms with Gasteiger partial charge in [0.2, 0.25) is 6.29 Å². The molecule has 10 heteroatoms. The monoisotopic (exact) mass is 390 g/mol. The molecule has 2 aliphatic heterocycles. The van der Waals surface area contributed by atoms with Crippen molar-refractivity contribution in [2.24, 2.45) is 11.8 Å². The minimum absolute atomic E-state index is 0.171. The predicted molar refractivity (Wildman–Crippen MR) is 86.6 cm³/mol. The van der Waals surface area contributed by atoms with E-state index in [1.807, 2.05) is 0 Å². The van der Waals surface area contributed by atoms with Crippen LogP contribution in [-0.2, 0) is 23.7 Å². The summed E-state index contributed by atoms with van der Waals surface area (Å²) in [6.45, 7) is 2.27. The van der Waals surface area contributed by atoms with Crippen LogP contribution >= 0.6 is 0 Å². The first-order valence-electron chi connectivity index (χ1n) is 8.83. The number of hydrogen-bond acceptors (Lipinski definition) is 10. The fourth-order valence-electron chi connectivity index (χ4n) is 4.10. The highest BCUT2D eigenvalue weighted by atomic mass is 16.8. The maximum absolute atomic E-state index is 11.3. The molecule has 10 nitrogen and oxygen atoms in total. The lowest BCUT2D eigenvalue weighted by Crippen LogP contribution is -2.60. The number of aliphatic hydroxyl groups excluding tert-OH is 4. The molecule has 3 rings (SSSR count). The van der Waals surface area contributed by atoms with Crippen LogP contribution in [-0.4, -0.2) is 86.8 Å². The van der Waals surface area contributed by atoms with E-state index in [9.17, 15) is 30.3 Å². The van der Waals surface area contributed by atoms with Gasteiger partial charge in [0.1, 0.15) is 30.5 Å². The first kappa shape index (κ1) is 20.5. The zero-order valence-electron chi connectivity index (χ0n) is 15.0. The van der Waals surface area contributed by atoms with E-state index in [2.05, 4.69) is 0 Å². The van der Waals surface area contributed by atoms with Gasteiger partial charge in [0.05, 0.1) is 24.4 Å². The molecule has 0 bridgehead atoms. The van der Waals surface area contributed by atoms with Gasteiger partial charge in [-0.25, -0.2) is 0 Å². The second-order valence-electron chi connectivity index (χ2n) is 7.48. The molecule has 0 aromatic heterocycles. The van der Waals surface area contributed by atoms with Gasteiger partial charge in [-0.05, 0) is 13.0 Å². The Kier molecular flexibility index (Phi) is 5.78. The van der Waals surface area contributed by atoms with Gasteiger partial charge in [0.25, 0.3) is 0 Å². The molecule has 27 heavy (non-hydrogen) atoms. The summed E-state index contributed by atoms with van der Waals surface area (Å²) in [4.78, 5) is 11.3. The smallest absolute Gasteiger partial charge is 0.302 e. The number of esters is 1. The van der Waals surface area contributed by atoms with E-state index in [1.165, 1.54) is 13.2 Å². The molecule has 2 fully saturated rings. The Morgan fingerprint density at radius 2 is 1.93 bits per heavy atom. The average Bonchev–Trinajstić information content (AvgIpc) is 2.86. The first-order chi connectivity index (χ1) is 12.7. The van der Waals surface area contributed by atoms with Gasteiger partial charge in [-0.2, -0.15) is 0 Å². The third-order valence-corrected chi connectivity index (χ3v) is 5.42. The third kappa shape index (κ3) is 3.83. The summed E-state index contributed by atoms with van der Waals surface area (Å²) in [6.07, 6.45) is -5.65. The number of carbonyl (C=O) groups is 1. The van der Waals surface area contributed by atoms with Gasteiger partial charge in [-0.3, -0.25) is 4.79 Å². The summed E-state index contributed by atoms with van der Waals surface area (Å²) in [5.41, 5.74) is -1.30. The molecule has 0 aromatic rings. The van der Waals surface area contributed by atoms with Crippen LogP contribution in [0, 0.1) is 11.8 Å². The van der Waals surface area contributed by atoms with Crippen LogP contribution in [0.3, 0.4) is 0 Å². The topological polar surface area (TPSA) is 155 Å². The Balaban J connectivity index is 1.77. The van der Waals surface area contributed by atoms with Crippen LogP contribution in [0.1, 0.15) is 20.3 Å². The van der Waals surface area contributed by atoms with Crippen LogP contribution in [0.4, 0.5) is 0 Å². The minimum atomic E-state index is -1.59. The van der Waals surface area contributed by atoms with Crippen molar-refractivity contribution in [1.29, 1.82) is 0 Å². The number of carbonyl (C=O) groups excluding carboxylic acids is 1. The van der Waals surface area contributed by atoms with Crippen molar-refractivity contribution in [3.63, 3.8) is 0 Å².